The van der Waals surface area contributed by atoms with Crippen LogP contribution in [0.2, 0.25) is 0 Å². The topological polar surface area (TPSA) is 64.9 Å². The molecule has 3 heterocycles. The Morgan fingerprint density at radius 1 is 1.23 bits per heavy atom. The highest BCUT2D eigenvalue weighted by atomic mass is 16.5. The van der Waals surface area contributed by atoms with Gasteiger partial charge in [0.25, 0.3) is 5.91 Å². The molecule has 1 saturated heterocycles. The first kappa shape index (κ1) is 20.9. The number of nitrogens with one attached hydrogen (secondary N) is 1. The van der Waals surface area contributed by atoms with Gasteiger partial charge < -0.3 is 19.6 Å². The van der Waals surface area contributed by atoms with E-state index in [1.165, 1.54) is 6.42 Å². The average Bonchev–Trinajstić information content (AvgIpc) is 3.23. The van der Waals surface area contributed by atoms with E-state index in [-0.39, 0.29) is 5.91 Å². The Kier molecular flexibility index (Phi) is 6.11. The molecule has 0 radical (unpaired) electrons. The predicted octanol–water partition coefficient (Wildman–Crippen LogP) is 2.97. The van der Waals surface area contributed by atoms with Gasteiger partial charge in [-0.15, -0.1) is 0 Å². The van der Waals surface area contributed by atoms with E-state index in [1.54, 1.807) is 0 Å². The molecule has 1 N–H and O–H groups in total. The molecule has 0 unspecified atom stereocenters. The lowest BCUT2D eigenvalue weighted by molar-refractivity contribution is 0.0677. The van der Waals surface area contributed by atoms with Crippen LogP contribution < -0.4 is 5.32 Å². The van der Waals surface area contributed by atoms with Crippen LogP contribution in [0.4, 0.5) is 5.69 Å². The number of benzene rings is 1. The first-order valence-electron chi connectivity index (χ1n) is 10.9. The Hall–Kier alpha value is -2.38. The largest absolute Gasteiger partial charge is 0.385 e. The van der Waals surface area contributed by atoms with Crippen molar-refractivity contribution in [3.05, 3.63) is 46.8 Å². The monoisotopic (exact) mass is 411 g/mol. The number of hydrogen-bond acceptors (Lipinski definition) is 6. The molecule has 162 valence electrons. The van der Waals surface area contributed by atoms with Gasteiger partial charge in [0.2, 0.25) is 0 Å². The number of rotatable bonds is 3. The van der Waals surface area contributed by atoms with Gasteiger partial charge in [-0.25, -0.2) is 0 Å². The molecule has 2 atom stereocenters. The quantitative estimate of drug-likeness (QED) is 0.838. The molecule has 2 aromatic rings. The number of hydrogen-bond donors (Lipinski definition) is 1. The Morgan fingerprint density at radius 2 is 2.00 bits per heavy atom. The lowest BCUT2D eigenvalue weighted by Crippen LogP contribution is -2.43. The van der Waals surface area contributed by atoms with Crippen molar-refractivity contribution >= 4 is 11.6 Å². The first-order chi connectivity index (χ1) is 14.4. The SMILES string of the molecule is Cc1onc(C(=O)N2Cc3ccccc3NCC[C@@H]3CC[C@H](C2)N3C)c1CN(C)C. The fraction of sp³-hybridized carbons (Fsp3) is 0.565. The minimum absolute atomic E-state index is 0.0467. The molecule has 30 heavy (non-hydrogen) atoms. The van der Waals surface area contributed by atoms with Crippen LogP contribution in [0.15, 0.2) is 28.8 Å². The predicted molar refractivity (Wildman–Crippen MR) is 117 cm³/mol. The lowest BCUT2D eigenvalue weighted by atomic mass is 10.1. The Bertz CT molecular complexity index is 893. The molecule has 1 amide bonds. The number of likely N-dealkylation sites (N-methyl/N-ethyl adjacent to an activating group) is 1. The normalized spacial score (nSPS) is 22.5. The highest BCUT2D eigenvalue weighted by Gasteiger charge is 2.34. The van der Waals surface area contributed by atoms with E-state index in [0.717, 1.165) is 36.2 Å². The zero-order valence-corrected chi connectivity index (χ0v) is 18.5. The summed E-state index contributed by atoms with van der Waals surface area (Å²) < 4.78 is 5.43. The summed E-state index contributed by atoms with van der Waals surface area (Å²) in [6, 6.07) is 9.23. The molecular formula is C23H33N5O2. The van der Waals surface area contributed by atoms with Gasteiger partial charge in [-0.1, -0.05) is 23.4 Å². The zero-order valence-electron chi connectivity index (χ0n) is 18.5. The van der Waals surface area contributed by atoms with Crippen LogP contribution in [0.25, 0.3) is 0 Å². The van der Waals surface area contributed by atoms with Crippen molar-refractivity contribution < 1.29 is 9.32 Å². The summed E-state index contributed by atoms with van der Waals surface area (Å²) in [6.07, 6.45) is 3.42. The fourth-order valence-electron chi connectivity index (χ4n) is 4.75. The summed E-state index contributed by atoms with van der Waals surface area (Å²) in [5.41, 5.74) is 3.57. The molecule has 1 aromatic heterocycles. The third-order valence-corrected chi connectivity index (χ3v) is 6.54. The highest BCUT2D eigenvalue weighted by Crippen LogP contribution is 2.29. The van der Waals surface area contributed by atoms with E-state index < -0.39 is 0 Å². The molecule has 0 saturated carbocycles. The van der Waals surface area contributed by atoms with Crippen LogP contribution in [0.1, 0.15) is 46.6 Å². The molecule has 0 spiro atoms. The van der Waals surface area contributed by atoms with Crippen LogP contribution in [0.5, 0.6) is 0 Å². The number of aryl methyl sites for hydroxylation is 1. The van der Waals surface area contributed by atoms with Gasteiger partial charge in [0.15, 0.2) is 5.69 Å². The van der Waals surface area contributed by atoms with E-state index in [0.29, 0.717) is 43.2 Å². The maximum atomic E-state index is 13.7. The van der Waals surface area contributed by atoms with Gasteiger partial charge in [-0.2, -0.15) is 0 Å². The second-order valence-corrected chi connectivity index (χ2v) is 8.91. The minimum atomic E-state index is -0.0467. The number of carbonyl (C=O) groups is 1. The van der Waals surface area contributed by atoms with Crippen molar-refractivity contribution in [2.45, 2.75) is 51.4 Å². The van der Waals surface area contributed by atoms with Crippen molar-refractivity contribution in [2.75, 3.05) is 39.5 Å². The summed E-state index contributed by atoms with van der Waals surface area (Å²) >= 11 is 0. The zero-order chi connectivity index (χ0) is 21.3. The summed E-state index contributed by atoms with van der Waals surface area (Å²) in [5, 5.41) is 7.77. The standard InChI is InChI=1S/C23H33N5O2/c1-16-20(15-26(2)3)22(25-30-16)23(29)28-13-17-7-5-6-8-21(17)24-12-11-18-9-10-19(14-28)27(18)4/h5-8,18-19,24H,9-15H2,1-4H3/t18-,19+/m0/s1. The second-order valence-electron chi connectivity index (χ2n) is 8.91. The molecule has 7 heteroatoms. The maximum absolute atomic E-state index is 13.7. The molecule has 4 rings (SSSR count). The van der Waals surface area contributed by atoms with Gasteiger partial charge in [0.1, 0.15) is 5.76 Å². The Morgan fingerprint density at radius 3 is 2.80 bits per heavy atom. The molecule has 2 bridgehead atoms. The molecule has 7 nitrogen and oxygen atoms in total. The molecule has 0 aliphatic carbocycles. The number of fused-ring (bicyclic) bond motifs is 3. The molecule has 1 fully saturated rings. The molecule has 2 aliphatic heterocycles. The van der Waals surface area contributed by atoms with E-state index in [4.69, 9.17) is 4.52 Å². The van der Waals surface area contributed by atoms with Crippen molar-refractivity contribution in [3.63, 3.8) is 0 Å². The number of aromatic nitrogens is 1. The van der Waals surface area contributed by atoms with E-state index >= 15 is 0 Å². The van der Waals surface area contributed by atoms with Gasteiger partial charge >= 0.3 is 0 Å². The summed E-state index contributed by atoms with van der Waals surface area (Å²) in [4.78, 5) is 20.2. The van der Waals surface area contributed by atoms with Crippen molar-refractivity contribution in [1.29, 1.82) is 0 Å². The van der Waals surface area contributed by atoms with Crippen LogP contribution in [0, 0.1) is 6.92 Å². The van der Waals surface area contributed by atoms with E-state index in [9.17, 15) is 4.79 Å². The number of nitrogens with zero attached hydrogens (tertiary/aromatic N) is 4. The van der Waals surface area contributed by atoms with Gasteiger partial charge in [-0.05, 0) is 59.0 Å². The second kappa shape index (κ2) is 8.78. The third-order valence-electron chi connectivity index (χ3n) is 6.54. The molecule has 2 aliphatic rings. The van der Waals surface area contributed by atoms with Crippen molar-refractivity contribution in [1.82, 2.24) is 19.9 Å². The smallest absolute Gasteiger partial charge is 0.276 e. The number of anilines is 1. The van der Waals surface area contributed by atoms with Crippen molar-refractivity contribution in [2.24, 2.45) is 0 Å². The number of amides is 1. The third kappa shape index (κ3) is 4.23. The van der Waals surface area contributed by atoms with Gasteiger partial charge in [-0.3, -0.25) is 9.69 Å². The van der Waals surface area contributed by atoms with Crippen molar-refractivity contribution in [3.8, 4) is 0 Å². The summed E-state index contributed by atoms with van der Waals surface area (Å²) in [6.45, 7) is 4.72. The van der Waals surface area contributed by atoms with E-state index in [1.807, 2.05) is 43.0 Å². The number of para-hydroxylation sites is 1. The van der Waals surface area contributed by atoms with Crippen LogP contribution in [-0.2, 0) is 13.1 Å². The Balaban J connectivity index is 1.68. The van der Waals surface area contributed by atoms with E-state index in [2.05, 4.69) is 34.6 Å². The van der Waals surface area contributed by atoms with Crippen LogP contribution in [0.3, 0.4) is 0 Å². The lowest BCUT2D eigenvalue weighted by Gasteiger charge is -2.30. The highest BCUT2D eigenvalue weighted by molar-refractivity contribution is 5.94. The van der Waals surface area contributed by atoms with Gasteiger partial charge in [0, 0.05) is 49.5 Å². The minimum Gasteiger partial charge on any atom is -0.385 e. The average molecular weight is 412 g/mol. The molecule has 1 aromatic carbocycles. The summed E-state index contributed by atoms with van der Waals surface area (Å²) in [7, 11) is 6.18. The fourth-order valence-corrected chi connectivity index (χ4v) is 4.75. The van der Waals surface area contributed by atoms with Gasteiger partial charge in [0.05, 0.1) is 0 Å². The maximum Gasteiger partial charge on any atom is 0.276 e. The number of carbonyl (C=O) groups excluding carboxylic acids is 1. The first-order valence-corrected chi connectivity index (χ1v) is 10.9. The van der Waals surface area contributed by atoms with Crippen LogP contribution >= 0.6 is 0 Å². The Labute approximate surface area is 179 Å². The van der Waals surface area contributed by atoms with Crippen LogP contribution in [-0.4, -0.2) is 72.1 Å². The summed E-state index contributed by atoms with van der Waals surface area (Å²) in [5.74, 6) is 0.666. The molecular weight excluding hydrogens is 378 g/mol.